The van der Waals surface area contributed by atoms with E-state index in [0.29, 0.717) is 9.87 Å². The molecule has 0 saturated heterocycles. The summed E-state index contributed by atoms with van der Waals surface area (Å²) in [5, 5.41) is 20.2. The van der Waals surface area contributed by atoms with Gasteiger partial charge in [-0.2, -0.15) is 0 Å². The summed E-state index contributed by atoms with van der Waals surface area (Å²) in [6, 6.07) is 7.22. The maximum absolute atomic E-state index is 13.0. The van der Waals surface area contributed by atoms with Gasteiger partial charge in [-0.05, 0) is 30.7 Å². The normalized spacial score (nSPS) is 11.1. The number of non-ortho nitro benzene ring substituents is 1. The highest BCUT2D eigenvalue weighted by Gasteiger charge is 2.30. The molecule has 144 valence electrons. The van der Waals surface area contributed by atoms with E-state index in [1.807, 2.05) is 0 Å². The second kappa shape index (κ2) is 7.80. The third kappa shape index (κ3) is 4.29. The molecule has 0 spiro atoms. The van der Waals surface area contributed by atoms with Crippen LogP contribution in [-0.4, -0.2) is 38.1 Å². The second-order valence-corrected chi connectivity index (χ2v) is 7.70. The monoisotopic (exact) mass is 414 g/mol. The Balaban J connectivity index is 2.66. The van der Waals surface area contributed by atoms with Crippen molar-refractivity contribution in [2.75, 3.05) is 18.0 Å². The Morgan fingerprint density at radius 1 is 1.30 bits per heavy atom. The highest BCUT2D eigenvalue weighted by Crippen LogP contribution is 2.33. The molecule has 2 aromatic carbocycles. The standard InChI is InChI=1S/C16H15ClN2O7S/c1-10-3-4-11(19(22)23)7-14(10)18(9-16(20)21)27(24,25)12-5-6-15(26-2)13(17)8-12/h3-8H,9H2,1-2H3,(H,20,21). The van der Waals surface area contributed by atoms with Gasteiger partial charge < -0.3 is 9.84 Å². The number of halogens is 1. The molecule has 0 radical (unpaired) electrons. The fourth-order valence-electron chi connectivity index (χ4n) is 2.34. The summed E-state index contributed by atoms with van der Waals surface area (Å²) < 4.78 is 31.7. The van der Waals surface area contributed by atoms with E-state index in [1.54, 1.807) is 0 Å². The van der Waals surface area contributed by atoms with Crippen molar-refractivity contribution in [3.63, 3.8) is 0 Å². The van der Waals surface area contributed by atoms with Crippen LogP contribution in [0.4, 0.5) is 11.4 Å². The number of anilines is 1. The number of ether oxygens (including phenoxy) is 1. The molecule has 0 amide bonds. The van der Waals surface area contributed by atoms with Crippen LogP contribution in [0.15, 0.2) is 41.3 Å². The zero-order chi connectivity index (χ0) is 20.4. The average molecular weight is 415 g/mol. The molecular formula is C16H15ClN2O7S. The van der Waals surface area contributed by atoms with E-state index in [4.69, 9.17) is 16.3 Å². The van der Waals surface area contributed by atoms with Crippen LogP contribution in [0.25, 0.3) is 0 Å². The smallest absolute Gasteiger partial charge is 0.324 e. The Bertz CT molecular complexity index is 1010. The predicted octanol–water partition coefficient (Wildman–Crippen LogP) is 2.85. The minimum absolute atomic E-state index is 0.0182. The van der Waals surface area contributed by atoms with Gasteiger partial charge in [0.2, 0.25) is 0 Å². The van der Waals surface area contributed by atoms with Crippen LogP contribution < -0.4 is 9.04 Å². The number of benzene rings is 2. The van der Waals surface area contributed by atoms with E-state index < -0.39 is 27.5 Å². The van der Waals surface area contributed by atoms with Crippen molar-refractivity contribution in [2.24, 2.45) is 0 Å². The highest BCUT2D eigenvalue weighted by molar-refractivity contribution is 7.92. The van der Waals surface area contributed by atoms with Crippen LogP contribution in [0.1, 0.15) is 5.56 Å². The molecule has 0 aliphatic heterocycles. The van der Waals surface area contributed by atoms with Gasteiger partial charge in [0.1, 0.15) is 12.3 Å². The minimum atomic E-state index is -4.37. The van der Waals surface area contributed by atoms with Gasteiger partial charge in [0.25, 0.3) is 15.7 Å². The number of hydrogen-bond acceptors (Lipinski definition) is 6. The lowest BCUT2D eigenvalue weighted by Gasteiger charge is -2.24. The molecule has 0 saturated carbocycles. The summed E-state index contributed by atoms with van der Waals surface area (Å²) in [5.74, 6) is -1.18. The molecule has 0 bridgehead atoms. The van der Waals surface area contributed by atoms with Crippen molar-refractivity contribution in [3.05, 3.63) is 57.1 Å². The third-order valence-corrected chi connectivity index (χ3v) is 5.71. The van der Waals surface area contributed by atoms with Gasteiger partial charge >= 0.3 is 5.97 Å². The molecule has 0 atom stereocenters. The SMILES string of the molecule is COc1ccc(S(=O)(=O)N(CC(=O)O)c2cc([N+](=O)[O-])ccc2C)cc1Cl. The number of methoxy groups -OCH3 is 1. The fourth-order valence-corrected chi connectivity index (χ4v) is 4.16. The number of sulfonamides is 1. The molecule has 0 unspecified atom stereocenters. The van der Waals surface area contributed by atoms with E-state index in [1.165, 1.54) is 38.3 Å². The number of aliphatic carboxylic acids is 1. The molecule has 2 rings (SSSR count). The first kappa shape index (κ1) is 20.5. The highest BCUT2D eigenvalue weighted by atomic mass is 35.5. The molecule has 11 heteroatoms. The van der Waals surface area contributed by atoms with Crippen molar-refractivity contribution < 1.29 is 28.0 Å². The van der Waals surface area contributed by atoms with Crippen molar-refractivity contribution in [1.29, 1.82) is 0 Å². The van der Waals surface area contributed by atoms with Crippen LogP contribution in [0.2, 0.25) is 5.02 Å². The minimum Gasteiger partial charge on any atom is -0.495 e. The molecule has 27 heavy (non-hydrogen) atoms. The van der Waals surface area contributed by atoms with Gasteiger partial charge in [-0.15, -0.1) is 0 Å². The van der Waals surface area contributed by atoms with E-state index in [9.17, 15) is 28.4 Å². The van der Waals surface area contributed by atoms with Crippen LogP contribution >= 0.6 is 11.6 Å². The van der Waals surface area contributed by atoms with Gasteiger partial charge in [-0.3, -0.25) is 19.2 Å². The number of nitrogens with zero attached hydrogens (tertiary/aromatic N) is 2. The number of nitro groups is 1. The van der Waals surface area contributed by atoms with Crippen molar-refractivity contribution in [2.45, 2.75) is 11.8 Å². The topological polar surface area (TPSA) is 127 Å². The molecule has 0 aromatic heterocycles. The largest absolute Gasteiger partial charge is 0.495 e. The zero-order valence-corrected chi connectivity index (χ0v) is 15.8. The van der Waals surface area contributed by atoms with Gasteiger partial charge in [-0.1, -0.05) is 17.7 Å². The number of nitro benzene ring substituents is 1. The Labute approximate surface area is 159 Å². The molecule has 2 aromatic rings. The van der Waals surface area contributed by atoms with E-state index in [-0.39, 0.29) is 27.0 Å². The van der Waals surface area contributed by atoms with Gasteiger partial charge in [0.15, 0.2) is 0 Å². The van der Waals surface area contributed by atoms with Gasteiger partial charge in [-0.25, -0.2) is 8.42 Å². The molecule has 9 nitrogen and oxygen atoms in total. The second-order valence-electron chi connectivity index (χ2n) is 5.43. The lowest BCUT2D eigenvalue weighted by atomic mass is 10.2. The number of rotatable bonds is 7. The molecular weight excluding hydrogens is 400 g/mol. The molecule has 0 aliphatic rings. The van der Waals surface area contributed by atoms with E-state index >= 15 is 0 Å². The van der Waals surface area contributed by atoms with Crippen LogP contribution in [0.5, 0.6) is 5.75 Å². The quantitative estimate of drug-likeness (QED) is 0.545. The lowest BCUT2D eigenvalue weighted by molar-refractivity contribution is -0.384. The number of carboxylic acid groups (broad SMARTS) is 1. The number of hydrogen-bond donors (Lipinski definition) is 1. The van der Waals surface area contributed by atoms with Crippen LogP contribution in [0.3, 0.4) is 0 Å². The third-order valence-electron chi connectivity index (χ3n) is 3.66. The summed E-state index contributed by atoms with van der Waals surface area (Å²) in [4.78, 5) is 21.3. The number of aryl methyl sites for hydroxylation is 1. The van der Waals surface area contributed by atoms with Crippen molar-refractivity contribution in [3.8, 4) is 5.75 Å². The fraction of sp³-hybridized carbons (Fsp3) is 0.188. The zero-order valence-electron chi connectivity index (χ0n) is 14.2. The van der Waals surface area contributed by atoms with Crippen molar-refractivity contribution >= 4 is 39.0 Å². The molecule has 1 N–H and O–H groups in total. The first-order valence-corrected chi connectivity index (χ1v) is 9.23. The van der Waals surface area contributed by atoms with Gasteiger partial charge in [0.05, 0.1) is 27.6 Å². The molecule has 0 heterocycles. The maximum atomic E-state index is 13.0. The first-order chi connectivity index (χ1) is 12.6. The summed E-state index contributed by atoms with van der Waals surface area (Å²) >= 11 is 5.98. The Kier molecular flexibility index (Phi) is 5.91. The van der Waals surface area contributed by atoms with Crippen molar-refractivity contribution in [1.82, 2.24) is 0 Å². The predicted molar refractivity (Wildman–Crippen MR) is 98.0 cm³/mol. The van der Waals surface area contributed by atoms with Gasteiger partial charge in [0, 0.05) is 12.1 Å². The Morgan fingerprint density at radius 3 is 2.48 bits per heavy atom. The Morgan fingerprint density at radius 2 is 1.96 bits per heavy atom. The first-order valence-electron chi connectivity index (χ1n) is 7.41. The Hall–Kier alpha value is -2.85. The van der Waals surface area contributed by atoms with Crippen LogP contribution in [0, 0.1) is 17.0 Å². The lowest BCUT2D eigenvalue weighted by Crippen LogP contribution is -2.36. The van der Waals surface area contributed by atoms with Crippen LogP contribution in [-0.2, 0) is 14.8 Å². The summed E-state index contributed by atoms with van der Waals surface area (Å²) in [5.41, 5.74) is -0.127. The van der Waals surface area contributed by atoms with E-state index in [2.05, 4.69) is 0 Å². The molecule has 0 fully saturated rings. The average Bonchev–Trinajstić information content (AvgIpc) is 2.59. The number of carboxylic acids is 1. The number of carbonyl (C=O) groups is 1. The van der Waals surface area contributed by atoms with E-state index in [0.717, 1.165) is 12.1 Å². The maximum Gasteiger partial charge on any atom is 0.324 e. The summed E-state index contributed by atoms with van der Waals surface area (Å²) in [7, 11) is -3.01. The molecule has 0 aliphatic carbocycles. The summed E-state index contributed by atoms with van der Waals surface area (Å²) in [6.07, 6.45) is 0. The summed E-state index contributed by atoms with van der Waals surface area (Å²) in [6.45, 7) is 0.596.